The first-order chi connectivity index (χ1) is 9.95. The molecule has 6 heteroatoms. The predicted octanol–water partition coefficient (Wildman–Crippen LogP) is 3.19. The number of carbonyl (C=O) groups excluding carboxylic acids is 1. The molecular formula is C15H14ClNO4. The number of aliphatic carboxylic acids is 1. The van der Waals surface area contributed by atoms with E-state index in [9.17, 15) is 9.59 Å². The lowest BCUT2D eigenvalue weighted by molar-refractivity contribution is -0.137. The number of furan rings is 1. The third kappa shape index (κ3) is 4.10. The summed E-state index contributed by atoms with van der Waals surface area (Å²) in [7, 11) is 0. The van der Waals surface area contributed by atoms with Gasteiger partial charge in [0.1, 0.15) is 5.76 Å². The highest BCUT2D eigenvalue weighted by Crippen LogP contribution is 2.21. The number of carbonyl (C=O) groups is 2. The lowest BCUT2D eigenvalue weighted by Crippen LogP contribution is -2.30. The van der Waals surface area contributed by atoms with E-state index in [0.29, 0.717) is 16.3 Å². The van der Waals surface area contributed by atoms with Crippen LogP contribution in [-0.2, 0) is 4.79 Å². The van der Waals surface area contributed by atoms with E-state index >= 15 is 0 Å². The van der Waals surface area contributed by atoms with E-state index in [-0.39, 0.29) is 12.2 Å². The van der Waals surface area contributed by atoms with Gasteiger partial charge in [-0.25, -0.2) is 0 Å². The predicted molar refractivity (Wildman–Crippen MR) is 77.4 cm³/mol. The van der Waals surface area contributed by atoms with Crippen LogP contribution in [0.5, 0.6) is 0 Å². The zero-order valence-corrected chi connectivity index (χ0v) is 12.1. The molecule has 2 aromatic rings. The zero-order valence-electron chi connectivity index (χ0n) is 11.3. The number of rotatable bonds is 5. The average molecular weight is 308 g/mol. The Kier molecular flexibility index (Phi) is 4.65. The Balaban J connectivity index is 2.20. The van der Waals surface area contributed by atoms with Crippen LogP contribution in [0.2, 0.25) is 5.02 Å². The minimum Gasteiger partial charge on any atom is -0.481 e. The Bertz CT molecular complexity index is 665. The molecule has 21 heavy (non-hydrogen) atoms. The van der Waals surface area contributed by atoms with E-state index in [1.165, 1.54) is 0 Å². The van der Waals surface area contributed by atoms with Crippen molar-refractivity contribution in [2.24, 2.45) is 0 Å². The molecule has 1 aromatic heterocycles. The Morgan fingerprint density at radius 3 is 2.67 bits per heavy atom. The molecule has 1 atom stereocenters. The number of halogens is 1. The van der Waals surface area contributed by atoms with Crippen molar-refractivity contribution in [1.29, 1.82) is 0 Å². The highest BCUT2D eigenvalue weighted by molar-refractivity contribution is 6.30. The van der Waals surface area contributed by atoms with E-state index in [1.54, 1.807) is 43.3 Å². The fraction of sp³-hybridized carbons (Fsp3) is 0.200. The van der Waals surface area contributed by atoms with Gasteiger partial charge in [-0.05, 0) is 36.8 Å². The van der Waals surface area contributed by atoms with Crippen LogP contribution in [0.25, 0.3) is 0 Å². The maximum atomic E-state index is 12.1. The topological polar surface area (TPSA) is 79.5 Å². The minimum atomic E-state index is -1.02. The molecule has 2 N–H and O–H groups in total. The minimum absolute atomic E-state index is 0.143. The van der Waals surface area contributed by atoms with E-state index in [1.807, 2.05) is 0 Å². The van der Waals surface area contributed by atoms with Crippen molar-refractivity contribution in [2.45, 2.75) is 19.4 Å². The summed E-state index contributed by atoms with van der Waals surface area (Å²) in [5.41, 5.74) is 0.626. The summed E-state index contributed by atoms with van der Waals surface area (Å²) in [5.74, 6) is -0.729. The molecule has 5 nitrogen and oxygen atoms in total. The maximum absolute atomic E-state index is 12.1. The van der Waals surface area contributed by atoms with Crippen LogP contribution in [0, 0.1) is 6.92 Å². The van der Waals surface area contributed by atoms with Gasteiger partial charge < -0.3 is 14.8 Å². The Hall–Kier alpha value is -2.27. The van der Waals surface area contributed by atoms with Crippen molar-refractivity contribution < 1.29 is 19.1 Å². The van der Waals surface area contributed by atoms with Crippen molar-refractivity contribution >= 4 is 23.5 Å². The highest BCUT2D eigenvalue weighted by atomic mass is 35.5. The fourth-order valence-electron chi connectivity index (χ4n) is 1.94. The molecule has 0 spiro atoms. The summed E-state index contributed by atoms with van der Waals surface area (Å²) in [4.78, 5) is 23.1. The number of benzene rings is 1. The van der Waals surface area contributed by atoms with Gasteiger partial charge in [0.2, 0.25) is 0 Å². The smallest absolute Gasteiger partial charge is 0.305 e. The molecule has 2 rings (SSSR count). The van der Waals surface area contributed by atoms with E-state index in [2.05, 4.69) is 5.32 Å². The lowest BCUT2D eigenvalue weighted by Gasteiger charge is -2.17. The molecule has 1 unspecified atom stereocenters. The standard InChI is InChI=1S/C15H14ClNO4/c1-9-5-6-13(21-9)15(20)17-12(8-14(18)19)10-3-2-4-11(16)7-10/h2-7,12H,8H2,1H3,(H,17,20)(H,18,19). The second-order valence-electron chi connectivity index (χ2n) is 4.59. The summed E-state index contributed by atoms with van der Waals surface area (Å²) < 4.78 is 5.23. The summed E-state index contributed by atoms with van der Waals surface area (Å²) in [6, 6.07) is 9.26. The Labute approximate surface area is 126 Å². The van der Waals surface area contributed by atoms with Gasteiger partial charge in [-0.3, -0.25) is 9.59 Å². The number of amides is 1. The highest BCUT2D eigenvalue weighted by Gasteiger charge is 2.20. The summed E-state index contributed by atoms with van der Waals surface area (Å²) in [6.07, 6.45) is -0.244. The number of carboxylic acids is 1. The second kappa shape index (κ2) is 6.45. The van der Waals surface area contributed by atoms with Crippen molar-refractivity contribution in [3.8, 4) is 0 Å². The van der Waals surface area contributed by atoms with Gasteiger partial charge in [0.15, 0.2) is 5.76 Å². The molecule has 110 valence electrons. The Morgan fingerprint density at radius 2 is 2.10 bits per heavy atom. The summed E-state index contributed by atoms with van der Waals surface area (Å²) >= 11 is 5.90. The van der Waals surface area contributed by atoms with Crippen LogP contribution >= 0.6 is 11.6 Å². The molecule has 1 amide bonds. The van der Waals surface area contributed by atoms with Crippen LogP contribution in [-0.4, -0.2) is 17.0 Å². The molecule has 0 radical (unpaired) electrons. The van der Waals surface area contributed by atoms with E-state index in [4.69, 9.17) is 21.1 Å². The Morgan fingerprint density at radius 1 is 1.33 bits per heavy atom. The number of carboxylic acid groups (broad SMARTS) is 1. The van der Waals surface area contributed by atoms with Crippen molar-refractivity contribution in [1.82, 2.24) is 5.32 Å². The largest absolute Gasteiger partial charge is 0.481 e. The molecule has 0 saturated carbocycles. The SMILES string of the molecule is Cc1ccc(C(=O)NC(CC(=O)O)c2cccc(Cl)c2)o1. The molecule has 0 bridgehead atoms. The molecule has 1 heterocycles. The van der Waals surface area contributed by atoms with Gasteiger partial charge in [-0.1, -0.05) is 23.7 Å². The third-order valence-electron chi connectivity index (χ3n) is 2.90. The number of hydrogen-bond donors (Lipinski definition) is 2. The second-order valence-corrected chi connectivity index (χ2v) is 5.03. The normalized spacial score (nSPS) is 11.9. The van der Waals surface area contributed by atoms with Gasteiger partial charge in [-0.15, -0.1) is 0 Å². The molecule has 1 aromatic carbocycles. The van der Waals surface area contributed by atoms with Crippen LogP contribution in [0.1, 0.15) is 34.3 Å². The monoisotopic (exact) mass is 307 g/mol. The summed E-state index contributed by atoms with van der Waals surface area (Å²) in [5, 5.41) is 12.1. The van der Waals surface area contributed by atoms with E-state index in [0.717, 1.165) is 0 Å². The van der Waals surface area contributed by atoms with Crippen LogP contribution in [0.15, 0.2) is 40.8 Å². The summed E-state index contributed by atoms with van der Waals surface area (Å²) in [6.45, 7) is 1.72. The molecule has 0 aliphatic heterocycles. The molecule has 0 fully saturated rings. The first-order valence-corrected chi connectivity index (χ1v) is 6.68. The van der Waals surface area contributed by atoms with E-state index < -0.39 is 17.9 Å². The van der Waals surface area contributed by atoms with Crippen molar-refractivity contribution in [2.75, 3.05) is 0 Å². The van der Waals surface area contributed by atoms with Crippen molar-refractivity contribution in [3.05, 3.63) is 58.5 Å². The molecule has 0 aliphatic rings. The first kappa shape index (κ1) is 15.1. The first-order valence-electron chi connectivity index (χ1n) is 6.30. The van der Waals surface area contributed by atoms with Crippen molar-refractivity contribution in [3.63, 3.8) is 0 Å². The van der Waals surface area contributed by atoms with Gasteiger partial charge in [0, 0.05) is 5.02 Å². The maximum Gasteiger partial charge on any atom is 0.305 e. The number of aryl methyl sites for hydroxylation is 1. The van der Waals surface area contributed by atoms with Gasteiger partial charge >= 0.3 is 5.97 Å². The number of hydrogen-bond acceptors (Lipinski definition) is 3. The quantitative estimate of drug-likeness (QED) is 0.889. The van der Waals surface area contributed by atoms with Gasteiger partial charge in [-0.2, -0.15) is 0 Å². The molecular weight excluding hydrogens is 294 g/mol. The molecule has 0 saturated heterocycles. The van der Waals surface area contributed by atoms with Gasteiger partial charge in [0.25, 0.3) is 5.91 Å². The zero-order chi connectivity index (χ0) is 15.4. The van der Waals surface area contributed by atoms with Gasteiger partial charge in [0.05, 0.1) is 12.5 Å². The lowest BCUT2D eigenvalue weighted by atomic mass is 10.0. The average Bonchev–Trinajstić information content (AvgIpc) is 2.84. The number of nitrogens with one attached hydrogen (secondary N) is 1. The van der Waals surface area contributed by atoms with Crippen LogP contribution in [0.4, 0.5) is 0 Å². The van der Waals surface area contributed by atoms with Crippen LogP contribution in [0.3, 0.4) is 0 Å². The van der Waals surface area contributed by atoms with Crippen LogP contribution < -0.4 is 5.32 Å². The fourth-order valence-corrected chi connectivity index (χ4v) is 2.13. The third-order valence-corrected chi connectivity index (χ3v) is 3.13. The molecule has 0 aliphatic carbocycles.